The summed E-state index contributed by atoms with van der Waals surface area (Å²) >= 11 is 0. The third-order valence-electron chi connectivity index (χ3n) is 3.50. The van der Waals surface area contributed by atoms with Crippen LogP contribution < -0.4 is 0 Å². The summed E-state index contributed by atoms with van der Waals surface area (Å²) < 4.78 is 5.57. The molecular weight excluding hydrogens is 176 g/mol. The van der Waals surface area contributed by atoms with Crippen molar-refractivity contribution in [3.05, 3.63) is 11.8 Å². The first kappa shape index (κ1) is 10.0. The van der Waals surface area contributed by atoms with Gasteiger partial charge < -0.3 is 9.84 Å². The van der Waals surface area contributed by atoms with Crippen molar-refractivity contribution in [3.8, 4) is 0 Å². The molecule has 1 aliphatic heterocycles. The van der Waals surface area contributed by atoms with Gasteiger partial charge in [0.2, 0.25) is 0 Å². The van der Waals surface area contributed by atoms with Crippen LogP contribution in [0.2, 0.25) is 0 Å². The summed E-state index contributed by atoms with van der Waals surface area (Å²) in [6, 6.07) is 0. The van der Waals surface area contributed by atoms with E-state index in [1.807, 2.05) is 0 Å². The molecule has 2 heteroatoms. The quantitative estimate of drug-likeness (QED) is 0.698. The van der Waals surface area contributed by atoms with Crippen LogP contribution in [0.3, 0.4) is 0 Å². The SMILES string of the molecule is CC1CCC(O)(C2=CCCCO2)CC1. The second-order valence-corrected chi connectivity index (χ2v) is 4.77. The molecule has 0 radical (unpaired) electrons. The summed E-state index contributed by atoms with van der Waals surface area (Å²) in [7, 11) is 0. The number of aliphatic hydroxyl groups is 1. The topological polar surface area (TPSA) is 29.5 Å². The van der Waals surface area contributed by atoms with Crippen LogP contribution in [0, 0.1) is 5.92 Å². The van der Waals surface area contributed by atoms with Crippen molar-refractivity contribution in [2.75, 3.05) is 6.61 Å². The molecule has 0 aromatic rings. The van der Waals surface area contributed by atoms with Gasteiger partial charge in [0.15, 0.2) is 0 Å². The van der Waals surface area contributed by atoms with Crippen LogP contribution in [-0.4, -0.2) is 17.3 Å². The minimum absolute atomic E-state index is 0.632. The van der Waals surface area contributed by atoms with Gasteiger partial charge in [0.05, 0.1) is 6.61 Å². The van der Waals surface area contributed by atoms with Crippen molar-refractivity contribution in [1.29, 1.82) is 0 Å². The van der Waals surface area contributed by atoms with E-state index in [9.17, 15) is 5.11 Å². The average Bonchev–Trinajstić information content (AvgIpc) is 2.24. The molecule has 0 saturated heterocycles. The highest BCUT2D eigenvalue weighted by atomic mass is 16.5. The maximum Gasteiger partial charge on any atom is 0.124 e. The minimum Gasteiger partial charge on any atom is -0.495 e. The Labute approximate surface area is 86.0 Å². The highest BCUT2D eigenvalue weighted by Crippen LogP contribution is 2.38. The Balaban J connectivity index is 2.04. The van der Waals surface area contributed by atoms with E-state index in [1.165, 1.54) is 0 Å². The fourth-order valence-electron chi connectivity index (χ4n) is 2.37. The van der Waals surface area contributed by atoms with Crippen LogP contribution >= 0.6 is 0 Å². The van der Waals surface area contributed by atoms with Gasteiger partial charge in [-0.05, 0) is 50.5 Å². The molecule has 1 N–H and O–H groups in total. The number of rotatable bonds is 1. The maximum atomic E-state index is 10.4. The standard InChI is InChI=1S/C12H20O2/c1-10-5-7-12(13,8-6-10)11-4-2-3-9-14-11/h4,10,13H,2-3,5-9H2,1H3. The van der Waals surface area contributed by atoms with Gasteiger partial charge >= 0.3 is 0 Å². The number of allylic oxidation sites excluding steroid dienone is 1. The molecule has 1 heterocycles. The molecule has 2 rings (SSSR count). The van der Waals surface area contributed by atoms with Gasteiger partial charge in [0.1, 0.15) is 11.4 Å². The van der Waals surface area contributed by atoms with Crippen LogP contribution in [0.4, 0.5) is 0 Å². The van der Waals surface area contributed by atoms with E-state index in [0.29, 0.717) is 0 Å². The molecule has 1 aliphatic carbocycles. The van der Waals surface area contributed by atoms with Gasteiger partial charge in [0.25, 0.3) is 0 Å². The van der Waals surface area contributed by atoms with E-state index in [-0.39, 0.29) is 0 Å². The van der Waals surface area contributed by atoms with Crippen molar-refractivity contribution in [2.45, 2.75) is 51.0 Å². The van der Waals surface area contributed by atoms with Gasteiger partial charge in [0, 0.05) is 0 Å². The van der Waals surface area contributed by atoms with E-state index in [0.717, 1.165) is 56.8 Å². The molecule has 2 aliphatic rings. The lowest BCUT2D eigenvalue weighted by Crippen LogP contribution is -2.37. The van der Waals surface area contributed by atoms with Crippen LogP contribution in [-0.2, 0) is 4.74 Å². The number of hydrogen-bond donors (Lipinski definition) is 1. The molecule has 0 aromatic carbocycles. The fourth-order valence-corrected chi connectivity index (χ4v) is 2.37. The Morgan fingerprint density at radius 1 is 1.43 bits per heavy atom. The molecule has 0 spiro atoms. The second-order valence-electron chi connectivity index (χ2n) is 4.77. The molecule has 0 atom stereocenters. The lowest BCUT2D eigenvalue weighted by molar-refractivity contribution is -0.0300. The summed E-state index contributed by atoms with van der Waals surface area (Å²) in [5.74, 6) is 1.62. The molecule has 2 nitrogen and oxygen atoms in total. The largest absolute Gasteiger partial charge is 0.495 e. The normalized spacial score (nSPS) is 38.7. The first-order valence-electron chi connectivity index (χ1n) is 5.76. The predicted molar refractivity (Wildman–Crippen MR) is 55.9 cm³/mol. The Bertz CT molecular complexity index is 224. The van der Waals surface area contributed by atoms with Crippen molar-refractivity contribution in [1.82, 2.24) is 0 Å². The van der Waals surface area contributed by atoms with Crippen molar-refractivity contribution < 1.29 is 9.84 Å². The molecule has 1 saturated carbocycles. The average molecular weight is 196 g/mol. The molecular formula is C12H20O2. The third kappa shape index (κ3) is 1.95. The molecule has 0 amide bonds. The summed E-state index contributed by atoms with van der Waals surface area (Å²) in [4.78, 5) is 0. The van der Waals surface area contributed by atoms with Crippen LogP contribution in [0.5, 0.6) is 0 Å². The summed E-state index contributed by atoms with van der Waals surface area (Å²) in [6.45, 7) is 3.04. The van der Waals surface area contributed by atoms with E-state index >= 15 is 0 Å². The van der Waals surface area contributed by atoms with Crippen LogP contribution in [0.25, 0.3) is 0 Å². The van der Waals surface area contributed by atoms with E-state index in [1.54, 1.807) is 0 Å². The summed E-state index contributed by atoms with van der Waals surface area (Å²) in [5, 5.41) is 10.4. The van der Waals surface area contributed by atoms with Gasteiger partial charge in [-0.3, -0.25) is 0 Å². The molecule has 0 unspecified atom stereocenters. The van der Waals surface area contributed by atoms with Gasteiger partial charge in [-0.15, -0.1) is 0 Å². The van der Waals surface area contributed by atoms with E-state index < -0.39 is 5.60 Å². The van der Waals surface area contributed by atoms with Crippen molar-refractivity contribution in [3.63, 3.8) is 0 Å². The maximum absolute atomic E-state index is 10.4. The predicted octanol–water partition coefficient (Wildman–Crippen LogP) is 2.62. The monoisotopic (exact) mass is 196 g/mol. The van der Waals surface area contributed by atoms with Gasteiger partial charge in [-0.1, -0.05) is 6.92 Å². The zero-order valence-electron chi connectivity index (χ0n) is 8.96. The minimum atomic E-state index is -0.632. The lowest BCUT2D eigenvalue weighted by Gasteiger charge is -2.37. The Morgan fingerprint density at radius 3 is 2.71 bits per heavy atom. The lowest BCUT2D eigenvalue weighted by atomic mass is 9.78. The van der Waals surface area contributed by atoms with Crippen LogP contribution in [0.1, 0.15) is 45.4 Å². The number of hydrogen-bond acceptors (Lipinski definition) is 2. The van der Waals surface area contributed by atoms with Crippen molar-refractivity contribution in [2.24, 2.45) is 5.92 Å². The highest BCUT2D eigenvalue weighted by Gasteiger charge is 2.37. The van der Waals surface area contributed by atoms with Gasteiger partial charge in [-0.2, -0.15) is 0 Å². The summed E-state index contributed by atoms with van der Waals surface area (Å²) in [6.07, 6.45) is 8.23. The Morgan fingerprint density at radius 2 is 2.14 bits per heavy atom. The first-order valence-corrected chi connectivity index (χ1v) is 5.76. The molecule has 0 bridgehead atoms. The van der Waals surface area contributed by atoms with Crippen LogP contribution in [0.15, 0.2) is 11.8 Å². The molecule has 14 heavy (non-hydrogen) atoms. The Hall–Kier alpha value is -0.500. The number of ether oxygens (including phenoxy) is 1. The van der Waals surface area contributed by atoms with E-state index in [4.69, 9.17) is 4.74 Å². The Kier molecular flexibility index (Phi) is 2.82. The van der Waals surface area contributed by atoms with Crippen molar-refractivity contribution >= 4 is 0 Å². The zero-order chi connectivity index (χ0) is 10.0. The smallest absolute Gasteiger partial charge is 0.124 e. The second kappa shape index (κ2) is 3.93. The zero-order valence-corrected chi connectivity index (χ0v) is 8.96. The fraction of sp³-hybridized carbons (Fsp3) is 0.833. The molecule has 80 valence electrons. The molecule has 0 aromatic heterocycles. The third-order valence-corrected chi connectivity index (χ3v) is 3.50. The van der Waals surface area contributed by atoms with E-state index in [2.05, 4.69) is 13.0 Å². The molecule has 1 fully saturated rings. The summed E-state index contributed by atoms with van der Waals surface area (Å²) in [5.41, 5.74) is -0.632. The highest BCUT2D eigenvalue weighted by molar-refractivity contribution is 5.12. The van der Waals surface area contributed by atoms with Gasteiger partial charge in [-0.25, -0.2) is 0 Å². The first-order chi connectivity index (χ1) is 6.71.